The second-order valence-electron chi connectivity index (χ2n) is 7.33. The number of pyridine rings is 1. The maximum absolute atomic E-state index is 12.1. The van der Waals surface area contributed by atoms with E-state index in [-0.39, 0.29) is 11.0 Å². The van der Waals surface area contributed by atoms with Crippen molar-refractivity contribution in [2.45, 2.75) is 26.4 Å². The number of nitrogens with one attached hydrogen (secondary N) is 1. The molecule has 0 radical (unpaired) electrons. The van der Waals surface area contributed by atoms with Crippen molar-refractivity contribution in [3.63, 3.8) is 0 Å². The summed E-state index contributed by atoms with van der Waals surface area (Å²) >= 11 is 6.19. The normalized spacial score (nSPS) is 11.0. The number of anilines is 1. The second kappa shape index (κ2) is 7.89. The van der Waals surface area contributed by atoms with E-state index in [0.29, 0.717) is 22.5 Å². The molecule has 2 heterocycles. The summed E-state index contributed by atoms with van der Waals surface area (Å²) in [5.74, 6) is 0.835. The highest BCUT2D eigenvalue weighted by Crippen LogP contribution is 2.34. The van der Waals surface area contributed by atoms with Crippen LogP contribution in [0, 0.1) is 11.3 Å². The smallest absolute Gasteiger partial charge is 0.413 e. The van der Waals surface area contributed by atoms with Crippen molar-refractivity contribution >= 4 is 23.5 Å². The van der Waals surface area contributed by atoms with E-state index in [1.807, 2.05) is 7.05 Å². The van der Waals surface area contributed by atoms with Crippen LogP contribution in [0.1, 0.15) is 26.3 Å². The predicted octanol–water partition coefficient (Wildman–Crippen LogP) is 4.42. The fourth-order valence-corrected chi connectivity index (χ4v) is 2.91. The van der Waals surface area contributed by atoms with Gasteiger partial charge in [-0.3, -0.25) is 5.32 Å². The first-order valence-corrected chi connectivity index (χ1v) is 9.10. The Bertz CT molecular complexity index is 1110. The minimum absolute atomic E-state index is 0.196. The lowest BCUT2D eigenvalue weighted by atomic mass is 9.97. The molecule has 0 aliphatic heterocycles. The number of nitriles is 1. The van der Waals surface area contributed by atoms with Crippen LogP contribution in [0.5, 0.6) is 0 Å². The number of nitrogens with zero attached hydrogens (tertiary/aromatic N) is 5. The van der Waals surface area contributed by atoms with E-state index in [1.54, 1.807) is 62.0 Å². The minimum atomic E-state index is -0.642. The van der Waals surface area contributed by atoms with E-state index in [1.165, 1.54) is 0 Å². The maximum atomic E-state index is 12.1. The standard InChI is InChI=1S/C20H19ClN6O2/c1-20(2,3)29-19(28)25-17-9-13(8-16(21)24-17)14-6-5-12(10-22)7-15(14)18-26-23-11-27(18)4/h5-9,11H,1-4H3,(H,24,25,28). The number of rotatable bonds is 3. The van der Waals surface area contributed by atoms with E-state index in [0.717, 1.165) is 5.56 Å². The molecule has 0 aliphatic rings. The SMILES string of the molecule is Cn1cnnc1-c1cc(C#N)ccc1-c1cc(Cl)nc(NC(=O)OC(C)(C)C)c1. The number of halogens is 1. The lowest BCUT2D eigenvalue weighted by molar-refractivity contribution is 0.0635. The molecule has 9 heteroatoms. The predicted molar refractivity (Wildman–Crippen MR) is 109 cm³/mol. The quantitative estimate of drug-likeness (QED) is 0.641. The Balaban J connectivity index is 2.05. The molecule has 3 aromatic rings. The van der Waals surface area contributed by atoms with E-state index >= 15 is 0 Å². The van der Waals surface area contributed by atoms with E-state index < -0.39 is 11.7 Å². The Labute approximate surface area is 173 Å². The van der Waals surface area contributed by atoms with Crippen molar-refractivity contribution in [3.05, 3.63) is 47.4 Å². The van der Waals surface area contributed by atoms with Crippen molar-refractivity contribution in [1.29, 1.82) is 5.26 Å². The molecule has 0 unspecified atom stereocenters. The highest BCUT2D eigenvalue weighted by atomic mass is 35.5. The van der Waals surface area contributed by atoms with Gasteiger partial charge in [-0.1, -0.05) is 17.7 Å². The van der Waals surface area contributed by atoms with E-state index in [2.05, 4.69) is 26.6 Å². The highest BCUT2D eigenvalue weighted by Gasteiger charge is 2.18. The molecule has 0 spiro atoms. The average Bonchev–Trinajstić information content (AvgIpc) is 3.04. The molecule has 1 amide bonds. The number of benzene rings is 1. The fraction of sp³-hybridized carbons (Fsp3) is 0.250. The summed E-state index contributed by atoms with van der Waals surface area (Å²) in [6, 6.07) is 10.7. The van der Waals surface area contributed by atoms with Gasteiger partial charge in [-0.05, 0) is 56.2 Å². The molecule has 0 atom stereocenters. The third kappa shape index (κ3) is 4.89. The van der Waals surface area contributed by atoms with E-state index in [9.17, 15) is 10.1 Å². The van der Waals surface area contributed by atoms with Gasteiger partial charge in [0, 0.05) is 12.6 Å². The van der Waals surface area contributed by atoms with Crippen LogP contribution in [0.4, 0.5) is 10.6 Å². The van der Waals surface area contributed by atoms with Gasteiger partial charge in [-0.25, -0.2) is 9.78 Å². The summed E-state index contributed by atoms with van der Waals surface area (Å²) in [6.45, 7) is 5.31. The lowest BCUT2D eigenvalue weighted by Crippen LogP contribution is -2.27. The van der Waals surface area contributed by atoms with Crippen LogP contribution in [0.2, 0.25) is 5.15 Å². The van der Waals surface area contributed by atoms with Crippen LogP contribution in [0.3, 0.4) is 0 Å². The maximum Gasteiger partial charge on any atom is 0.413 e. The summed E-state index contributed by atoms with van der Waals surface area (Å²) in [7, 11) is 1.81. The Morgan fingerprint density at radius 1 is 1.24 bits per heavy atom. The van der Waals surface area contributed by atoms with E-state index in [4.69, 9.17) is 16.3 Å². The molecule has 3 rings (SSSR count). The number of carbonyl (C=O) groups excluding carboxylic acids is 1. The summed E-state index contributed by atoms with van der Waals surface area (Å²) in [5.41, 5.74) is 2.00. The molecule has 0 saturated carbocycles. The molecule has 1 N–H and O–H groups in total. The number of hydrogen-bond donors (Lipinski definition) is 1. The first kappa shape index (κ1) is 20.3. The van der Waals surface area contributed by atoms with Crippen LogP contribution in [0.25, 0.3) is 22.5 Å². The van der Waals surface area contributed by atoms with Gasteiger partial charge in [-0.15, -0.1) is 10.2 Å². The zero-order chi connectivity index (χ0) is 21.2. The van der Waals surface area contributed by atoms with Crippen molar-refractivity contribution in [3.8, 4) is 28.6 Å². The zero-order valence-electron chi connectivity index (χ0n) is 16.4. The number of ether oxygens (including phenoxy) is 1. The topological polar surface area (TPSA) is 106 Å². The number of aromatic nitrogens is 4. The van der Waals surface area contributed by atoms with Gasteiger partial charge < -0.3 is 9.30 Å². The van der Waals surface area contributed by atoms with Crippen molar-refractivity contribution in [2.75, 3.05) is 5.32 Å². The summed E-state index contributed by atoms with van der Waals surface area (Å²) < 4.78 is 7.02. The molecule has 1 aromatic carbocycles. The summed E-state index contributed by atoms with van der Waals surface area (Å²) in [6.07, 6.45) is 0.944. The van der Waals surface area contributed by atoms with Crippen molar-refractivity contribution in [1.82, 2.24) is 19.7 Å². The number of carbonyl (C=O) groups is 1. The number of hydrogen-bond acceptors (Lipinski definition) is 6. The van der Waals surface area contributed by atoms with Crippen LogP contribution < -0.4 is 5.32 Å². The zero-order valence-corrected chi connectivity index (χ0v) is 17.2. The summed E-state index contributed by atoms with van der Waals surface area (Å²) in [4.78, 5) is 16.2. The van der Waals surface area contributed by atoms with Gasteiger partial charge in [-0.2, -0.15) is 5.26 Å². The Kier molecular flexibility index (Phi) is 5.52. The third-order valence-electron chi connectivity index (χ3n) is 3.84. The van der Waals surface area contributed by atoms with Crippen molar-refractivity contribution in [2.24, 2.45) is 7.05 Å². The Morgan fingerprint density at radius 3 is 2.62 bits per heavy atom. The fourth-order valence-electron chi connectivity index (χ4n) is 2.70. The Hall–Kier alpha value is -3.44. The van der Waals surface area contributed by atoms with Crippen LogP contribution in [0.15, 0.2) is 36.7 Å². The number of aryl methyl sites for hydroxylation is 1. The number of amides is 1. The first-order chi connectivity index (χ1) is 13.7. The molecule has 2 aromatic heterocycles. The lowest BCUT2D eigenvalue weighted by Gasteiger charge is -2.19. The molecular weight excluding hydrogens is 392 g/mol. The van der Waals surface area contributed by atoms with Gasteiger partial charge in [0.2, 0.25) is 0 Å². The van der Waals surface area contributed by atoms with Crippen molar-refractivity contribution < 1.29 is 9.53 Å². The summed E-state index contributed by atoms with van der Waals surface area (Å²) in [5, 5.41) is 20.1. The van der Waals surface area contributed by atoms with Gasteiger partial charge in [0.05, 0.1) is 11.6 Å². The van der Waals surface area contributed by atoms with Crippen LogP contribution in [-0.4, -0.2) is 31.4 Å². The molecule has 148 valence electrons. The largest absolute Gasteiger partial charge is 0.444 e. The highest BCUT2D eigenvalue weighted by molar-refractivity contribution is 6.29. The third-order valence-corrected chi connectivity index (χ3v) is 4.03. The molecule has 0 fully saturated rings. The van der Waals surface area contributed by atoms with Gasteiger partial charge in [0.1, 0.15) is 22.9 Å². The molecule has 0 bridgehead atoms. The Morgan fingerprint density at radius 2 is 2.00 bits per heavy atom. The van der Waals surface area contributed by atoms with Gasteiger partial charge >= 0.3 is 6.09 Å². The second-order valence-corrected chi connectivity index (χ2v) is 7.72. The first-order valence-electron chi connectivity index (χ1n) is 8.73. The molecular formula is C20H19ClN6O2. The van der Waals surface area contributed by atoms with Gasteiger partial charge in [0.25, 0.3) is 0 Å². The van der Waals surface area contributed by atoms with Crippen LogP contribution >= 0.6 is 11.6 Å². The molecule has 29 heavy (non-hydrogen) atoms. The molecule has 0 aliphatic carbocycles. The van der Waals surface area contributed by atoms with Gasteiger partial charge in [0.15, 0.2) is 5.82 Å². The molecule has 8 nitrogen and oxygen atoms in total. The average molecular weight is 411 g/mol. The van der Waals surface area contributed by atoms with Crippen LogP contribution in [-0.2, 0) is 11.8 Å². The minimum Gasteiger partial charge on any atom is -0.444 e. The monoisotopic (exact) mass is 410 g/mol. The molecule has 0 saturated heterocycles.